The fraction of sp³-hybridized carbons (Fsp3) is 0.357. The second kappa shape index (κ2) is 14.7. The number of fused-ring (bicyclic) bond motifs is 3. The van der Waals surface area contributed by atoms with E-state index in [2.05, 4.69) is 5.32 Å². The Kier molecular flexibility index (Phi) is 11.4. The highest BCUT2D eigenvalue weighted by Gasteiger charge is 2.38. The molecular formula is C28H29N3O11S2. The van der Waals surface area contributed by atoms with E-state index < -0.39 is 33.8 Å². The monoisotopic (exact) mass is 647 g/mol. The van der Waals surface area contributed by atoms with Gasteiger partial charge in [-0.25, -0.2) is 4.79 Å². The minimum absolute atomic E-state index is 0. The highest BCUT2D eigenvalue weighted by atomic mass is 32.2. The van der Waals surface area contributed by atoms with Crippen molar-refractivity contribution in [3.8, 4) is 11.1 Å². The van der Waals surface area contributed by atoms with Gasteiger partial charge in [0.1, 0.15) is 6.61 Å². The van der Waals surface area contributed by atoms with Crippen molar-refractivity contribution in [2.75, 3.05) is 24.7 Å². The summed E-state index contributed by atoms with van der Waals surface area (Å²) in [6.07, 6.45) is 0.676. The molecule has 0 aromatic heterocycles. The van der Waals surface area contributed by atoms with Crippen LogP contribution in [0.5, 0.6) is 0 Å². The first-order valence-electron chi connectivity index (χ1n) is 12.9. The largest absolute Gasteiger partial charge is 0.533 e. The molecule has 5 rings (SSSR count). The van der Waals surface area contributed by atoms with Crippen molar-refractivity contribution in [2.45, 2.75) is 44.3 Å². The fourth-order valence-electron chi connectivity index (χ4n) is 4.99. The maximum atomic E-state index is 12.7. The van der Waals surface area contributed by atoms with Gasteiger partial charge in [0.25, 0.3) is 11.8 Å². The number of rotatable bonds is 8. The molecule has 2 aromatic rings. The normalized spacial score (nSPS) is 18.1. The quantitative estimate of drug-likeness (QED) is 0.326. The number of ether oxygens (including phenoxy) is 1. The van der Waals surface area contributed by atoms with E-state index in [-0.39, 0.29) is 69.9 Å². The van der Waals surface area contributed by atoms with Crippen molar-refractivity contribution >= 4 is 63.7 Å². The van der Waals surface area contributed by atoms with Gasteiger partial charge in [-0.3, -0.25) is 33.7 Å². The molecule has 234 valence electrons. The summed E-state index contributed by atoms with van der Waals surface area (Å²) >= 11 is 1.32. The number of hydroxylamine groups is 2. The maximum absolute atomic E-state index is 12.7. The lowest BCUT2D eigenvalue weighted by atomic mass is 9.97. The van der Waals surface area contributed by atoms with Crippen LogP contribution in [0.2, 0.25) is 0 Å². The number of hydrogen-bond donors (Lipinski definition) is 1. The Morgan fingerprint density at radius 3 is 2.23 bits per heavy atom. The number of carbonyl (C=O) groups is 6. The van der Waals surface area contributed by atoms with Crippen LogP contribution in [-0.4, -0.2) is 82.9 Å². The summed E-state index contributed by atoms with van der Waals surface area (Å²) in [4.78, 5) is 78.7. The summed E-state index contributed by atoms with van der Waals surface area (Å²) in [5.74, 6) is -2.48. The van der Waals surface area contributed by atoms with Crippen molar-refractivity contribution in [2.24, 2.45) is 0 Å². The topological polar surface area (TPSA) is 191 Å². The van der Waals surface area contributed by atoms with Gasteiger partial charge in [0.2, 0.25) is 17.7 Å². The Morgan fingerprint density at radius 2 is 1.59 bits per heavy atom. The van der Waals surface area contributed by atoms with Crippen molar-refractivity contribution in [1.29, 1.82) is 0 Å². The Balaban J connectivity index is 0.000000998. The maximum Gasteiger partial charge on any atom is 0.533 e. The Hall–Kier alpha value is -4.57. The molecule has 0 saturated carbocycles. The zero-order chi connectivity index (χ0) is 31.3. The molecule has 2 saturated heterocycles. The summed E-state index contributed by atoms with van der Waals surface area (Å²) < 4.78 is 30.6. The first kappa shape index (κ1) is 33.9. The summed E-state index contributed by atoms with van der Waals surface area (Å²) in [6.45, 7) is -0.107. The van der Waals surface area contributed by atoms with Crippen LogP contribution >= 0.6 is 11.8 Å². The van der Waals surface area contributed by atoms with Crippen molar-refractivity contribution in [3.05, 3.63) is 53.6 Å². The van der Waals surface area contributed by atoms with Crippen LogP contribution in [0.25, 0.3) is 11.1 Å². The van der Waals surface area contributed by atoms with Gasteiger partial charge in [0, 0.05) is 43.8 Å². The first-order chi connectivity index (χ1) is 20.5. The summed E-state index contributed by atoms with van der Waals surface area (Å²) in [6, 6.07) is 13.0. The third kappa shape index (κ3) is 7.68. The summed E-state index contributed by atoms with van der Waals surface area (Å²) in [5.41, 5.74) is 4.08. The first-order valence-corrected chi connectivity index (χ1v) is 15.2. The molecule has 0 radical (unpaired) electrons. The molecule has 16 heteroatoms. The van der Waals surface area contributed by atoms with Crippen LogP contribution in [0.15, 0.2) is 42.5 Å². The predicted molar refractivity (Wildman–Crippen MR) is 156 cm³/mol. The molecule has 2 heterocycles. The van der Waals surface area contributed by atoms with Crippen LogP contribution in [0.1, 0.15) is 50.2 Å². The van der Waals surface area contributed by atoms with E-state index in [1.54, 1.807) is 18.4 Å². The van der Waals surface area contributed by atoms with Gasteiger partial charge < -0.3 is 10.1 Å². The van der Waals surface area contributed by atoms with Crippen molar-refractivity contribution in [3.63, 3.8) is 0 Å². The molecule has 5 amide bonds. The molecule has 2 atom stereocenters. The predicted octanol–water partition coefficient (Wildman–Crippen LogP) is 2.47. The van der Waals surface area contributed by atoms with Gasteiger partial charge in [-0.2, -0.15) is 11.8 Å². The van der Waals surface area contributed by atoms with Crippen LogP contribution in [0.3, 0.4) is 0 Å². The number of nitrogens with zero attached hydrogens (tertiary/aromatic N) is 2. The lowest BCUT2D eigenvalue weighted by Gasteiger charge is -2.17. The minimum atomic E-state index is -3.11. The molecule has 2 aromatic carbocycles. The molecular weight excluding hydrogens is 618 g/mol. The standard InChI is InChI=1S/C27H25N3O8S.CH4.O3S/c1-39-21-13-25(34)29(26(21)35)11-10-22(31)28-15-6-7-18-16-4-2-3-5-17(16)20(19(18)12-15)14-37-27(36)38-30-23(32)8-9-24(30)33;;1-4(2)3/h2-7,12,20-21H,8-11,13-14H2,1H3,(H,28,31);1H4;. The van der Waals surface area contributed by atoms with Gasteiger partial charge in [-0.05, 0) is 40.6 Å². The van der Waals surface area contributed by atoms with Gasteiger partial charge >= 0.3 is 16.8 Å². The fourth-order valence-corrected chi connectivity index (χ4v) is 5.62. The van der Waals surface area contributed by atoms with Crippen LogP contribution in [0.4, 0.5) is 10.5 Å². The van der Waals surface area contributed by atoms with Gasteiger partial charge in [0.05, 0.1) is 5.25 Å². The SMILES string of the molecule is C.CSC1CC(=O)N(CCC(=O)Nc2ccc3c(c2)C(COC(=O)ON2C(=O)CCC2=O)c2ccccc2-3)C1=O.O=S(=O)=O. The number of benzene rings is 2. The number of anilines is 1. The van der Waals surface area contributed by atoms with Crippen molar-refractivity contribution in [1.82, 2.24) is 9.96 Å². The average molecular weight is 648 g/mol. The van der Waals surface area contributed by atoms with E-state index in [9.17, 15) is 28.8 Å². The molecule has 44 heavy (non-hydrogen) atoms. The molecule has 14 nitrogen and oxygen atoms in total. The van der Waals surface area contributed by atoms with E-state index >= 15 is 0 Å². The number of nitrogens with one attached hydrogen (secondary N) is 1. The zero-order valence-corrected chi connectivity index (χ0v) is 24.3. The third-order valence-electron chi connectivity index (χ3n) is 6.93. The minimum Gasteiger partial charge on any atom is -0.432 e. The van der Waals surface area contributed by atoms with E-state index in [0.717, 1.165) is 27.2 Å². The van der Waals surface area contributed by atoms with Gasteiger partial charge in [-0.1, -0.05) is 42.8 Å². The number of thioether (sulfide) groups is 1. The number of imide groups is 2. The number of carbonyl (C=O) groups excluding carboxylic acids is 6. The number of likely N-dealkylation sites (tertiary alicyclic amines) is 1. The molecule has 2 fully saturated rings. The van der Waals surface area contributed by atoms with E-state index in [4.69, 9.17) is 22.2 Å². The van der Waals surface area contributed by atoms with Crippen molar-refractivity contribution < 1.29 is 51.0 Å². The van der Waals surface area contributed by atoms with Crippen LogP contribution in [-0.2, 0) is 44.2 Å². The highest BCUT2D eigenvalue weighted by molar-refractivity contribution is 8.00. The lowest BCUT2D eigenvalue weighted by molar-refractivity contribution is -0.177. The molecule has 2 unspecified atom stereocenters. The van der Waals surface area contributed by atoms with Gasteiger partial charge in [-0.15, -0.1) is 12.6 Å². The molecule has 0 bridgehead atoms. The smallest absolute Gasteiger partial charge is 0.432 e. The van der Waals surface area contributed by atoms with Crippen LogP contribution in [0, 0.1) is 0 Å². The summed E-state index contributed by atoms with van der Waals surface area (Å²) in [7, 11) is -3.11. The third-order valence-corrected chi connectivity index (χ3v) is 7.86. The molecule has 1 N–H and O–H groups in total. The van der Waals surface area contributed by atoms with Crippen LogP contribution < -0.4 is 5.32 Å². The lowest BCUT2D eigenvalue weighted by Crippen LogP contribution is -2.34. The molecule has 0 spiro atoms. The second-order valence-corrected chi connectivity index (χ2v) is 10.9. The average Bonchev–Trinajstić information content (AvgIpc) is 3.55. The van der Waals surface area contributed by atoms with E-state index in [1.807, 2.05) is 30.3 Å². The van der Waals surface area contributed by atoms with E-state index in [1.165, 1.54) is 11.8 Å². The number of amides is 5. The number of hydrogen-bond acceptors (Lipinski definition) is 12. The van der Waals surface area contributed by atoms with E-state index in [0.29, 0.717) is 10.8 Å². The Labute approximate surface area is 258 Å². The zero-order valence-electron chi connectivity index (χ0n) is 22.6. The molecule has 3 aliphatic rings. The Bertz CT molecular complexity index is 1590. The summed E-state index contributed by atoms with van der Waals surface area (Å²) in [5, 5.41) is 2.84. The Morgan fingerprint density at radius 1 is 0.955 bits per heavy atom. The second-order valence-electron chi connectivity index (χ2n) is 9.49. The van der Waals surface area contributed by atoms with Gasteiger partial charge in [0.15, 0.2) is 0 Å². The molecule has 2 aliphatic heterocycles. The molecule has 1 aliphatic carbocycles. The highest BCUT2D eigenvalue weighted by Crippen LogP contribution is 2.45.